The van der Waals surface area contributed by atoms with Crippen molar-refractivity contribution in [2.75, 3.05) is 26.2 Å². The third-order valence-corrected chi connectivity index (χ3v) is 5.55. The van der Waals surface area contributed by atoms with E-state index in [9.17, 15) is 19.2 Å². The van der Waals surface area contributed by atoms with Crippen LogP contribution in [0.4, 0.5) is 4.79 Å². The molecule has 2 heterocycles. The van der Waals surface area contributed by atoms with Crippen molar-refractivity contribution < 1.29 is 23.9 Å². The summed E-state index contributed by atoms with van der Waals surface area (Å²) in [5.41, 5.74) is 0.342. The average Bonchev–Trinajstić information content (AvgIpc) is 2.96. The maximum atomic E-state index is 12.5. The van der Waals surface area contributed by atoms with E-state index >= 15 is 0 Å². The van der Waals surface area contributed by atoms with E-state index in [0.29, 0.717) is 49.5 Å². The maximum Gasteiger partial charge on any atom is 0.407 e. The zero-order valence-electron chi connectivity index (χ0n) is 18.5. The molecule has 0 aliphatic carbocycles. The maximum absolute atomic E-state index is 12.5. The van der Waals surface area contributed by atoms with Crippen molar-refractivity contribution in [2.24, 2.45) is 5.92 Å². The molecule has 1 aromatic carbocycles. The molecule has 0 aromatic heterocycles. The van der Waals surface area contributed by atoms with Crippen molar-refractivity contribution in [2.45, 2.75) is 52.1 Å². The lowest BCUT2D eigenvalue weighted by Gasteiger charge is -2.32. The van der Waals surface area contributed by atoms with Crippen molar-refractivity contribution in [1.29, 1.82) is 0 Å². The second-order valence-electron chi connectivity index (χ2n) is 9.12. The summed E-state index contributed by atoms with van der Waals surface area (Å²) >= 11 is 0. The largest absolute Gasteiger partial charge is 0.444 e. The Hall–Kier alpha value is -2.90. The molecule has 2 aliphatic heterocycles. The summed E-state index contributed by atoms with van der Waals surface area (Å²) in [5, 5.41) is 2.80. The lowest BCUT2D eigenvalue weighted by molar-refractivity contribution is -0.132. The lowest BCUT2D eigenvalue weighted by Crippen LogP contribution is -2.42. The van der Waals surface area contributed by atoms with Gasteiger partial charge in [-0.05, 0) is 58.1 Å². The first-order valence-electron chi connectivity index (χ1n) is 10.9. The van der Waals surface area contributed by atoms with Crippen molar-refractivity contribution in [3.05, 3.63) is 35.4 Å². The van der Waals surface area contributed by atoms with Crippen LogP contribution in [0, 0.1) is 5.92 Å². The second kappa shape index (κ2) is 9.49. The van der Waals surface area contributed by atoms with Crippen LogP contribution in [0.5, 0.6) is 0 Å². The first kappa shape index (κ1) is 22.8. The van der Waals surface area contributed by atoms with Gasteiger partial charge in [0.2, 0.25) is 5.91 Å². The van der Waals surface area contributed by atoms with Crippen LogP contribution >= 0.6 is 0 Å². The summed E-state index contributed by atoms with van der Waals surface area (Å²) < 4.78 is 5.24. The molecule has 0 radical (unpaired) electrons. The smallest absolute Gasteiger partial charge is 0.407 e. The molecule has 3 rings (SSSR count). The number of fused-ring (bicyclic) bond motifs is 1. The molecule has 8 heteroatoms. The molecule has 0 atom stereocenters. The van der Waals surface area contributed by atoms with Crippen LogP contribution in [0.1, 0.15) is 67.2 Å². The SMILES string of the molecule is CC(C)(C)OC(=O)NCC1CCN(C(=O)CCCN2C(=O)c3ccccc3C2=O)CC1. The molecule has 31 heavy (non-hydrogen) atoms. The monoisotopic (exact) mass is 429 g/mol. The van der Waals surface area contributed by atoms with Gasteiger partial charge in [0.1, 0.15) is 5.60 Å². The van der Waals surface area contributed by atoms with E-state index in [0.717, 1.165) is 12.8 Å². The third kappa shape index (κ3) is 5.83. The van der Waals surface area contributed by atoms with E-state index in [-0.39, 0.29) is 24.3 Å². The summed E-state index contributed by atoms with van der Waals surface area (Å²) in [4.78, 5) is 52.1. The fourth-order valence-electron chi connectivity index (χ4n) is 3.92. The Bertz CT molecular complexity index is 818. The van der Waals surface area contributed by atoms with Crippen molar-refractivity contribution >= 4 is 23.8 Å². The summed E-state index contributed by atoms with van der Waals surface area (Å²) in [7, 11) is 0. The van der Waals surface area contributed by atoms with Gasteiger partial charge < -0.3 is 15.0 Å². The molecule has 168 valence electrons. The Morgan fingerprint density at radius 2 is 1.65 bits per heavy atom. The van der Waals surface area contributed by atoms with Crippen LogP contribution in [0.15, 0.2) is 24.3 Å². The number of hydrogen-bond donors (Lipinski definition) is 1. The molecule has 1 fully saturated rings. The van der Waals surface area contributed by atoms with Crippen LogP contribution in [0.25, 0.3) is 0 Å². The highest BCUT2D eigenvalue weighted by Gasteiger charge is 2.34. The molecule has 1 aromatic rings. The van der Waals surface area contributed by atoms with Gasteiger partial charge in [-0.3, -0.25) is 19.3 Å². The minimum absolute atomic E-state index is 0.0372. The quantitative estimate of drug-likeness (QED) is 0.702. The number of likely N-dealkylation sites (tertiary alicyclic amines) is 1. The molecular weight excluding hydrogens is 398 g/mol. The molecule has 8 nitrogen and oxygen atoms in total. The number of benzene rings is 1. The summed E-state index contributed by atoms with van der Waals surface area (Å²) in [6.07, 6.45) is 1.97. The zero-order chi connectivity index (χ0) is 22.6. The molecule has 1 N–H and O–H groups in total. The van der Waals surface area contributed by atoms with Crippen molar-refractivity contribution in [3.8, 4) is 0 Å². The van der Waals surface area contributed by atoms with Crippen LogP contribution in [0.3, 0.4) is 0 Å². The number of nitrogens with zero attached hydrogens (tertiary/aromatic N) is 2. The minimum atomic E-state index is -0.521. The predicted molar refractivity (Wildman–Crippen MR) is 115 cm³/mol. The van der Waals surface area contributed by atoms with Gasteiger partial charge in [0.25, 0.3) is 11.8 Å². The molecule has 2 aliphatic rings. The fourth-order valence-corrected chi connectivity index (χ4v) is 3.92. The van der Waals surface area contributed by atoms with Crippen LogP contribution in [-0.2, 0) is 9.53 Å². The standard InChI is InChI=1S/C23H31N3O5/c1-23(2,3)31-22(30)24-15-16-10-13-25(14-11-16)19(27)9-6-12-26-20(28)17-7-4-5-8-18(17)21(26)29/h4-5,7-8,16H,6,9-15H2,1-3H3,(H,24,30). The topological polar surface area (TPSA) is 96.0 Å². The van der Waals surface area contributed by atoms with E-state index in [1.54, 1.807) is 24.3 Å². The summed E-state index contributed by atoms with van der Waals surface area (Å²) in [6, 6.07) is 6.79. The predicted octanol–water partition coefficient (Wildman–Crippen LogP) is 2.83. The van der Waals surface area contributed by atoms with Crippen molar-refractivity contribution in [1.82, 2.24) is 15.1 Å². The average molecular weight is 430 g/mol. The van der Waals surface area contributed by atoms with Gasteiger partial charge in [0.05, 0.1) is 11.1 Å². The van der Waals surface area contributed by atoms with Crippen LogP contribution in [-0.4, -0.2) is 65.4 Å². The first-order chi connectivity index (χ1) is 14.7. The number of carbonyl (C=O) groups excluding carboxylic acids is 4. The van der Waals surface area contributed by atoms with E-state index in [1.807, 2.05) is 25.7 Å². The van der Waals surface area contributed by atoms with Crippen molar-refractivity contribution in [3.63, 3.8) is 0 Å². The molecular formula is C23H31N3O5. The Morgan fingerprint density at radius 3 is 2.19 bits per heavy atom. The highest BCUT2D eigenvalue weighted by Crippen LogP contribution is 2.23. The molecule has 0 bridgehead atoms. The van der Waals surface area contributed by atoms with E-state index in [4.69, 9.17) is 4.74 Å². The third-order valence-electron chi connectivity index (χ3n) is 5.55. The van der Waals surface area contributed by atoms with Gasteiger partial charge in [0.15, 0.2) is 0 Å². The van der Waals surface area contributed by atoms with E-state index in [1.165, 1.54) is 4.90 Å². The Morgan fingerprint density at radius 1 is 1.06 bits per heavy atom. The molecule has 0 saturated carbocycles. The van der Waals surface area contributed by atoms with Gasteiger partial charge in [-0.25, -0.2) is 4.79 Å². The number of rotatable bonds is 6. The molecule has 4 amide bonds. The number of alkyl carbamates (subject to hydrolysis) is 1. The lowest BCUT2D eigenvalue weighted by atomic mass is 9.96. The number of imide groups is 1. The van der Waals surface area contributed by atoms with Crippen LogP contribution < -0.4 is 5.32 Å². The Balaban J connectivity index is 1.36. The number of ether oxygens (including phenoxy) is 1. The summed E-state index contributed by atoms with van der Waals surface area (Å²) in [5.74, 6) is -0.220. The van der Waals surface area contributed by atoms with E-state index < -0.39 is 11.7 Å². The van der Waals surface area contributed by atoms with Gasteiger partial charge in [-0.2, -0.15) is 0 Å². The number of piperidine rings is 1. The van der Waals surface area contributed by atoms with Gasteiger partial charge >= 0.3 is 6.09 Å². The fraction of sp³-hybridized carbons (Fsp3) is 0.565. The van der Waals surface area contributed by atoms with Crippen LogP contribution in [0.2, 0.25) is 0 Å². The molecule has 1 saturated heterocycles. The number of amides is 4. The first-order valence-corrected chi connectivity index (χ1v) is 10.9. The molecule has 0 unspecified atom stereocenters. The van der Waals surface area contributed by atoms with Gasteiger partial charge in [0, 0.05) is 32.6 Å². The summed E-state index contributed by atoms with van der Waals surface area (Å²) in [6.45, 7) is 7.55. The number of hydrogen-bond acceptors (Lipinski definition) is 5. The Kier molecular flexibility index (Phi) is 6.97. The number of carbonyl (C=O) groups is 4. The van der Waals surface area contributed by atoms with Gasteiger partial charge in [-0.15, -0.1) is 0 Å². The normalized spacial score (nSPS) is 17.0. The highest BCUT2D eigenvalue weighted by molar-refractivity contribution is 6.21. The molecule has 0 spiro atoms. The second-order valence-corrected chi connectivity index (χ2v) is 9.12. The van der Waals surface area contributed by atoms with Gasteiger partial charge in [-0.1, -0.05) is 12.1 Å². The minimum Gasteiger partial charge on any atom is -0.444 e. The highest BCUT2D eigenvalue weighted by atomic mass is 16.6. The zero-order valence-corrected chi connectivity index (χ0v) is 18.5. The number of nitrogens with one attached hydrogen (secondary N) is 1. The van der Waals surface area contributed by atoms with E-state index in [2.05, 4.69) is 5.32 Å². The Labute approximate surface area is 182 Å².